The van der Waals surface area contributed by atoms with Gasteiger partial charge in [-0.05, 0) is 50.5 Å². The number of piperidine rings is 1. The van der Waals surface area contributed by atoms with Crippen molar-refractivity contribution < 1.29 is 28.5 Å². The van der Waals surface area contributed by atoms with Crippen LogP contribution in [0.15, 0.2) is 42.6 Å². The van der Waals surface area contributed by atoms with Gasteiger partial charge in [0.05, 0.1) is 32.4 Å². The molecule has 202 valence electrons. The molecular formula is C30H36N2O6. The fourth-order valence-corrected chi connectivity index (χ4v) is 6.24. The van der Waals surface area contributed by atoms with E-state index in [1.54, 1.807) is 46.5 Å². The molecule has 0 aliphatic carbocycles. The van der Waals surface area contributed by atoms with Crippen molar-refractivity contribution in [2.75, 3.05) is 27.9 Å². The number of benzene rings is 2. The summed E-state index contributed by atoms with van der Waals surface area (Å²) in [6.45, 7) is 3.38. The first-order valence-electron chi connectivity index (χ1n) is 13.3. The van der Waals surface area contributed by atoms with Gasteiger partial charge in [0.1, 0.15) is 11.9 Å². The lowest BCUT2D eigenvalue weighted by Crippen LogP contribution is -2.46. The number of Topliss-reactive ketones (excluding diaryl/α,β-unsaturated/α-hetero) is 1. The van der Waals surface area contributed by atoms with E-state index in [-0.39, 0.29) is 17.9 Å². The van der Waals surface area contributed by atoms with Gasteiger partial charge in [-0.2, -0.15) is 0 Å². The summed E-state index contributed by atoms with van der Waals surface area (Å²) < 4.78 is 24.3. The smallest absolute Gasteiger partial charge is 0.338 e. The average Bonchev–Trinajstić information content (AvgIpc) is 3.41. The highest BCUT2D eigenvalue weighted by molar-refractivity contribution is 6.08. The molecule has 0 radical (unpaired) electrons. The number of aryl methyl sites for hydroxylation is 1. The molecule has 1 aromatic heterocycles. The quantitative estimate of drug-likeness (QED) is 0.271. The third-order valence-electron chi connectivity index (χ3n) is 8.01. The number of fused-ring (bicyclic) bond motifs is 3. The maximum absolute atomic E-state index is 12.9. The standard InChI is InChI=1S/C30H36N2O6/c1-19(33)25-18-31(29-24(25)7-5-8-27(29)36-3)13-6-14-32-21-10-11-22(32)17-23(16-21)38-30(34)20-9-12-26(35-2)28(15-20)37-4/h5,7-9,12,15,18,21-23H,6,10-11,13-14,16-17H2,1-4H3/t21-,22+,23?. The minimum absolute atomic E-state index is 0.0600. The van der Waals surface area contributed by atoms with Gasteiger partial charge in [-0.1, -0.05) is 12.1 Å². The second-order valence-electron chi connectivity index (χ2n) is 10.2. The summed E-state index contributed by atoms with van der Waals surface area (Å²) >= 11 is 0. The zero-order valence-electron chi connectivity index (χ0n) is 22.6. The molecule has 0 N–H and O–H groups in total. The van der Waals surface area contributed by atoms with Gasteiger partial charge in [-0.3, -0.25) is 9.69 Å². The Labute approximate surface area is 223 Å². The fraction of sp³-hybridized carbons (Fsp3) is 0.467. The van der Waals surface area contributed by atoms with Crippen LogP contribution in [0.1, 0.15) is 59.7 Å². The van der Waals surface area contributed by atoms with E-state index in [1.807, 2.05) is 24.4 Å². The van der Waals surface area contributed by atoms with Gasteiger partial charge in [0.25, 0.3) is 0 Å². The predicted molar refractivity (Wildman–Crippen MR) is 145 cm³/mol. The number of para-hydroxylation sites is 1. The van der Waals surface area contributed by atoms with Crippen LogP contribution in [0.2, 0.25) is 0 Å². The van der Waals surface area contributed by atoms with E-state index in [0.717, 1.165) is 67.4 Å². The summed E-state index contributed by atoms with van der Waals surface area (Å²) in [6, 6.07) is 11.8. The number of carbonyl (C=O) groups is 2. The van der Waals surface area contributed by atoms with Crippen molar-refractivity contribution in [3.63, 3.8) is 0 Å². The molecule has 2 aromatic carbocycles. The van der Waals surface area contributed by atoms with E-state index >= 15 is 0 Å². The topological polar surface area (TPSA) is 79.2 Å². The maximum atomic E-state index is 12.9. The summed E-state index contributed by atoms with van der Waals surface area (Å²) in [4.78, 5) is 27.7. The van der Waals surface area contributed by atoms with E-state index in [4.69, 9.17) is 18.9 Å². The molecule has 8 heteroatoms. The zero-order valence-corrected chi connectivity index (χ0v) is 22.6. The molecule has 2 aliphatic heterocycles. The molecule has 3 atom stereocenters. The minimum Gasteiger partial charge on any atom is -0.495 e. The van der Waals surface area contributed by atoms with Gasteiger partial charge in [0.15, 0.2) is 17.3 Å². The molecular weight excluding hydrogens is 484 g/mol. The van der Waals surface area contributed by atoms with E-state index in [2.05, 4.69) is 9.47 Å². The van der Waals surface area contributed by atoms with Crippen LogP contribution in [0.5, 0.6) is 17.2 Å². The van der Waals surface area contributed by atoms with Gasteiger partial charge in [-0.15, -0.1) is 0 Å². The van der Waals surface area contributed by atoms with Gasteiger partial charge in [0, 0.05) is 55.2 Å². The molecule has 0 amide bonds. The van der Waals surface area contributed by atoms with Crippen molar-refractivity contribution in [1.82, 2.24) is 9.47 Å². The van der Waals surface area contributed by atoms with E-state index in [0.29, 0.717) is 29.1 Å². The Morgan fingerprint density at radius 3 is 2.26 bits per heavy atom. The van der Waals surface area contributed by atoms with Gasteiger partial charge < -0.3 is 23.5 Å². The van der Waals surface area contributed by atoms with Crippen LogP contribution in [-0.2, 0) is 11.3 Å². The van der Waals surface area contributed by atoms with Crippen molar-refractivity contribution in [2.24, 2.45) is 0 Å². The molecule has 8 nitrogen and oxygen atoms in total. The van der Waals surface area contributed by atoms with Gasteiger partial charge in [0.2, 0.25) is 0 Å². The van der Waals surface area contributed by atoms with E-state index in [1.165, 1.54) is 0 Å². The normalized spacial score (nSPS) is 20.9. The number of rotatable bonds is 10. The largest absolute Gasteiger partial charge is 0.495 e. The van der Waals surface area contributed by atoms with Crippen LogP contribution >= 0.6 is 0 Å². The Kier molecular flexibility index (Phi) is 7.61. The summed E-state index contributed by atoms with van der Waals surface area (Å²) in [7, 11) is 4.79. The van der Waals surface area contributed by atoms with E-state index < -0.39 is 0 Å². The highest BCUT2D eigenvalue weighted by atomic mass is 16.5. The number of hydrogen-bond acceptors (Lipinski definition) is 7. The molecule has 1 unspecified atom stereocenters. The second-order valence-corrected chi connectivity index (χ2v) is 10.2. The summed E-state index contributed by atoms with van der Waals surface area (Å²) in [5, 5.41) is 0.939. The number of nitrogens with zero attached hydrogens (tertiary/aromatic N) is 2. The first-order valence-corrected chi connectivity index (χ1v) is 13.3. The van der Waals surface area contributed by atoms with Crippen molar-refractivity contribution in [3.05, 3.63) is 53.7 Å². The van der Waals surface area contributed by atoms with Crippen LogP contribution in [0, 0.1) is 0 Å². The Balaban J connectivity index is 1.20. The number of esters is 1. The molecule has 38 heavy (non-hydrogen) atoms. The molecule has 2 aliphatic rings. The number of hydrogen-bond donors (Lipinski definition) is 0. The van der Waals surface area contributed by atoms with Crippen LogP contribution < -0.4 is 14.2 Å². The fourth-order valence-electron chi connectivity index (χ4n) is 6.24. The minimum atomic E-state index is -0.321. The number of aromatic nitrogens is 1. The molecule has 2 saturated heterocycles. The summed E-state index contributed by atoms with van der Waals surface area (Å²) in [5.41, 5.74) is 2.18. The first-order chi connectivity index (χ1) is 18.4. The third-order valence-corrected chi connectivity index (χ3v) is 8.01. The van der Waals surface area contributed by atoms with Crippen LogP contribution in [-0.4, -0.2) is 67.3 Å². The predicted octanol–water partition coefficient (Wildman–Crippen LogP) is 5.11. The number of ketones is 1. The Hall–Kier alpha value is -3.52. The maximum Gasteiger partial charge on any atom is 0.338 e. The zero-order chi connectivity index (χ0) is 26.8. The number of carbonyl (C=O) groups excluding carboxylic acids is 2. The second kappa shape index (κ2) is 11.1. The average molecular weight is 521 g/mol. The number of methoxy groups -OCH3 is 3. The van der Waals surface area contributed by atoms with Crippen molar-refractivity contribution in [1.29, 1.82) is 0 Å². The SMILES string of the molecule is COc1ccc(C(=O)OC2C[C@H]3CC[C@@H](C2)N3CCCn2cc(C(C)=O)c3cccc(OC)c32)cc1OC. The molecule has 0 spiro atoms. The van der Waals surface area contributed by atoms with E-state index in [9.17, 15) is 9.59 Å². The molecule has 3 heterocycles. The van der Waals surface area contributed by atoms with Crippen molar-refractivity contribution >= 4 is 22.7 Å². The third kappa shape index (κ3) is 4.97. The lowest BCUT2D eigenvalue weighted by Gasteiger charge is -2.38. The molecule has 0 saturated carbocycles. The van der Waals surface area contributed by atoms with Crippen LogP contribution in [0.4, 0.5) is 0 Å². The van der Waals surface area contributed by atoms with Crippen LogP contribution in [0.25, 0.3) is 10.9 Å². The van der Waals surface area contributed by atoms with Gasteiger partial charge >= 0.3 is 5.97 Å². The van der Waals surface area contributed by atoms with Gasteiger partial charge in [-0.25, -0.2) is 4.79 Å². The lowest BCUT2D eigenvalue weighted by molar-refractivity contribution is -0.00643. The summed E-state index contributed by atoms with van der Waals surface area (Å²) in [6.07, 6.45) is 6.80. The Morgan fingerprint density at radius 1 is 0.895 bits per heavy atom. The van der Waals surface area contributed by atoms with Crippen molar-refractivity contribution in [3.8, 4) is 17.2 Å². The van der Waals surface area contributed by atoms with Crippen molar-refractivity contribution in [2.45, 2.75) is 63.8 Å². The highest BCUT2D eigenvalue weighted by Crippen LogP contribution is 2.38. The van der Waals surface area contributed by atoms with Crippen LogP contribution in [0.3, 0.4) is 0 Å². The number of ether oxygens (including phenoxy) is 4. The molecule has 2 bridgehead atoms. The summed E-state index contributed by atoms with van der Waals surface area (Å²) in [5.74, 6) is 1.62. The lowest BCUT2D eigenvalue weighted by atomic mass is 9.99. The highest BCUT2D eigenvalue weighted by Gasteiger charge is 2.41. The molecule has 3 aromatic rings. The Morgan fingerprint density at radius 2 is 1.61 bits per heavy atom. The Bertz CT molecular complexity index is 1320. The molecule has 5 rings (SSSR count). The first kappa shape index (κ1) is 26.1. The molecule has 2 fully saturated rings. The monoisotopic (exact) mass is 520 g/mol.